The minimum atomic E-state index is -0.935. The van der Waals surface area contributed by atoms with E-state index >= 15 is 0 Å². The maximum Gasteiger partial charge on any atom is 0.245 e. The number of nitrogens with one attached hydrogen (secondary N) is 1. The van der Waals surface area contributed by atoms with Crippen LogP contribution in [-0.2, 0) is 9.53 Å². The number of benzene rings is 1. The molecule has 2 atom stereocenters. The fraction of sp³-hybridized carbons (Fsp3) is 0.650. The van der Waals surface area contributed by atoms with Gasteiger partial charge in [0.25, 0.3) is 0 Å². The van der Waals surface area contributed by atoms with Crippen molar-refractivity contribution in [3.63, 3.8) is 0 Å². The standard InChI is InChI=1S/C20H33N3O3/c1-6-25-17-14-20(21,19(17,2)3)18(24)22-15-9-7-10-16(13-15)26-12-8-11-23(4)5/h7,9-10,13,17H,6,8,11-12,14,21H2,1-5H3,(H,22,24). The second kappa shape index (κ2) is 8.37. The SMILES string of the molecule is CCOC1CC(N)(C(=O)Nc2cccc(OCCCN(C)C)c2)C1(C)C. The van der Waals surface area contributed by atoms with Gasteiger partial charge in [-0.05, 0) is 39.6 Å². The molecule has 2 unspecified atom stereocenters. The second-order valence-corrected chi connectivity index (χ2v) is 7.83. The van der Waals surface area contributed by atoms with Gasteiger partial charge >= 0.3 is 0 Å². The Morgan fingerprint density at radius 2 is 2.12 bits per heavy atom. The van der Waals surface area contributed by atoms with Gasteiger partial charge in [0.15, 0.2) is 0 Å². The van der Waals surface area contributed by atoms with Crippen molar-refractivity contribution >= 4 is 11.6 Å². The fourth-order valence-corrected chi connectivity index (χ4v) is 3.30. The van der Waals surface area contributed by atoms with E-state index in [1.807, 2.05) is 59.1 Å². The fourth-order valence-electron chi connectivity index (χ4n) is 3.30. The van der Waals surface area contributed by atoms with Gasteiger partial charge < -0.3 is 25.4 Å². The van der Waals surface area contributed by atoms with Crippen LogP contribution < -0.4 is 15.8 Å². The van der Waals surface area contributed by atoms with E-state index in [0.717, 1.165) is 18.7 Å². The number of carbonyl (C=O) groups is 1. The monoisotopic (exact) mass is 363 g/mol. The molecule has 1 saturated carbocycles. The van der Waals surface area contributed by atoms with Crippen molar-refractivity contribution in [2.24, 2.45) is 11.1 Å². The third-order valence-corrected chi connectivity index (χ3v) is 5.35. The lowest BCUT2D eigenvalue weighted by molar-refractivity contribution is -0.166. The molecule has 0 heterocycles. The number of carbonyl (C=O) groups excluding carboxylic acids is 1. The molecule has 146 valence electrons. The van der Waals surface area contributed by atoms with E-state index in [0.29, 0.717) is 25.3 Å². The summed E-state index contributed by atoms with van der Waals surface area (Å²) in [6.07, 6.45) is 1.48. The van der Waals surface area contributed by atoms with E-state index < -0.39 is 11.0 Å². The van der Waals surface area contributed by atoms with Crippen LogP contribution in [0.4, 0.5) is 5.69 Å². The highest BCUT2D eigenvalue weighted by atomic mass is 16.5. The predicted octanol–water partition coefficient (Wildman–Crippen LogP) is 2.49. The molecule has 1 amide bonds. The summed E-state index contributed by atoms with van der Waals surface area (Å²) in [7, 11) is 4.08. The van der Waals surface area contributed by atoms with Crippen molar-refractivity contribution in [3.8, 4) is 5.75 Å². The van der Waals surface area contributed by atoms with Gasteiger partial charge in [-0.25, -0.2) is 0 Å². The molecule has 1 fully saturated rings. The first-order valence-electron chi connectivity index (χ1n) is 9.30. The molecule has 0 radical (unpaired) electrons. The number of hydrogen-bond donors (Lipinski definition) is 2. The molecule has 0 aromatic heterocycles. The first kappa shape index (κ1) is 20.7. The number of hydrogen-bond acceptors (Lipinski definition) is 5. The first-order valence-corrected chi connectivity index (χ1v) is 9.30. The quantitative estimate of drug-likeness (QED) is 0.659. The minimum absolute atomic E-state index is 0.00890. The Hall–Kier alpha value is -1.63. The molecule has 3 N–H and O–H groups in total. The zero-order chi connectivity index (χ0) is 19.4. The number of ether oxygens (including phenoxy) is 2. The average molecular weight is 364 g/mol. The average Bonchev–Trinajstić information content (AvgIpc) is 2.58. The summed E-state index contributed by atoms with van der Waals surface area (Å²) >= 11 is 0. The Kier molecular flexibility index (Phi) is 6.66. The zero-order valence-electron chi connectivity index (χ0n) is 16.7. The Balaban J connectivity index is 1.94. The number of rotatable bonds is 9. The topological polar surface area (TPSA) is 76.8 Å². The van der Waals surface area contributed by atoms with Crippen molar-refractivity contribution in [1.82, 2.24) is 4.90 Å². The Morgan fingerprint density at radius 3 is 2.73 bits per heavy atom. The van der Waals surface area contributed by atoms with E-state index in [1.54, 1.807) is 0 Å². The lowest BCUT2D eigenvalue weighted by Crippen LogP contribution is -2.74. The third kappa shape index (κ3) is 4.37. The van der Waals surface area contributed by atoms with Gasteiger partial charge in [0.2, 0.25) is 5.91 Å². The molecule has 0 aliphatic heterocycles. The summed E-state index contributed by atoms with van der Waals surface area (Å²) in [6, 6.07) is 7.44. The highest BCUT2D eigenvalue weighted by molar-refractivity contribution is 5.99. The van der Waals surface area contributed by atoms with Gasteiger partial charge in [-0.3, -0.25) is 4.79 Å². The van der Waals surface area contributed by atoms with Crippen molar-refractivity contribution < 1.29 is 14.3 Å². The summed E-state index contributed by atoms with van der Waals surface area (Å²) in [6.45, 7) is 8.17. The Morgan fingerprint density at radius 1 is 1.38 bits per heavy atom. The summed E-state index contributed by atoms with van der Waals surface area (Å²) in [4.78, 5) is 14.9. The third-order valence-electron chi connectivity index (χ3n) is 5.35. The van der Waals surface area contributed by atoms with E-state index in [1.165, 1.54) is 0 Å². The number of nitrogens with zero attached hydrogens (tertiary/aromatic N) is 1. The highest BCUT2D eigenvalue weighted by Crippen LogP contribution is 2.50. The van der Waals surface area contributed by atoms with E-state index in [2.05, 4.69) is 10.2 Å². The van der Waals surface area contributed by atoms with Crippen LogP contribution >= 0.6 is 0 Å². The van der Waals surface area contributed by atoms with Gasteiger partial charge in [-0.15, -0.1) is 0 Å². The molecule has 6 nitrogen and oxygen atoms in total. The molecule has 0 bridgehead atoms. The van der Waals surface area contributed by atoms with Crippen LogP contribution in [0, 0.1) is 5.41 Å². The predicted molar refractivity (Wildman–Crippen MR) is 104 cm³/mol. The lowest BCUT2D eigenvalue weighted by atomic mass is 9.54. The summed E-state index contributed by atoms with van der Waals surface area (Å²) in [5, 5.41) is 2.94. The minimum Gasteiger partial charge on any atom is -0.493 e. The number of nitrogens with two attached hydrogens (primary N) is 1. The second-order valence-electron chi connectivity index (χ2n) is 7.83. The smallest absolute Gasteiger partial charge is 0.245 e. The van der Waals surface area contributed by atoms with Crippen molar-refractivity contribution in [3.05, 3.63) is 24.3 Å². The van der Waals surface area contributed by atoms with Crippen LogP contribution in [0.5, 0.6) is 5.75 Å². The molecule has 26 heavy (non-hydrogen) atoms. The van der Waals surface area contributed by atoms with Crippen molar-refractivity contribution in [1.29, 1.82) is 0 Å². The zero-order valence-corrected chi connectivity index (χ0v) is 16.7. The summed E-state index contributed by atoms with van der Waals surface area (Å²) < 4.78 is 11.5. The lowest BCUT2D eigenvalue weighted by Gasteiger charge is -2.57. The molecule has 1 aliphatic rings. The van der Waals surface area contributed by atoms with Gasteiger partial charge in [-0.1, -0.05) is 19.9 Å². The van der Waals surface area contributed by atoms with Crippen LogP contribution in [0.3, 0.4) is 0 Å². The van der Waals surface area contributed by atoms with Crippen LogP contribution in [-0.4, -0.2) is 56.3 Å². The number of anilines is 1. The van der Waals surface area contributed by atoms with E-state index in [-0.39, 0.29) is 12.0 Å². The summed E-state index contributed by atoms with van der Waals surface area (Å²) in [5.41, 5.74) is 5.78. The molecule has 2 rings (SSSR count). The van der Waals surface area contributed by atoms with E-state index in [9.17, 15) is 4.79 Å². The van der Waals surface area contributed by atoms with Crippen molar-refractivity contribution in [2.75, 3.05) is 39.2 Å². The van der Waals surface area contributed by atoms with E-state index in [4.69, 9.17) is 15.2 Å². The largest absolute Gasteiger partial charge is 0.493 e. The molecule has 1 aliphatic carbocycles. The maximum absolute atomic E-state index is 12.8. The Bertz CT molecular complexity index is 618. The molecule has 0 spiro atoms. The summed E-state index contributed by atoms with van der Waals surface area (Å²) in [5.74, 6) is 0.566. The normalized spacial score (nSPS) is 24.2. The van der Waals surface area contributed by atoms with Crippen LogP contribution in [0.2, 0.25) is 0 Å². The van der Waals surface area contributed by atoms with Gasteiger partial charge in [0.05, 0.1) is 12.7 Å². The van der Waals surface area contributed by atoms with Crippen molar-refractivity contribution in [2.45, 2.75) is 45.3 Å². The van der Waals surface area contributed by atoms with Crippen LogP contribution in [0.1, 0.15) is 33.6 Å². The van der Waals surface area contributed by atoms with Crippen LogP contribution in [0.15, 0.2) is 24.3 Å². The molecule has 1 aromatic rings. The molecular formula is C20H33N3O3. The first-order chi connectivity index (χ1) is 12.2. The van der Waals surface area contributed by atoms with Gasteiger partial charge in [-0.2, -0.15) is 0 Å². The molecule has 6 heteroatoms. The van der Waals surface area contributed by atoms with Gasteiger partial charge in [0.1, 0.15) is 11.3 Å². The maximum atomic E-state index is 12.8. The van der Waals surface area contributed by atoms with Crippen LogP contribution in [0.25, 0.3) is 0 Å². The number of amides is 1. The molecule has 1 aromatic carbocycles. The molecular weight excluding hydrogens is 330 g/mol. The molecule has 0 saturated heterocycles. The van der Waals surface area contributed by atoms with Gasteiger partial charge in [0, 0.05) is 36.7 Å². The Labute approximate surface area is 157 Å². The highest BCUT2D eigenvalue weighted by Gasteiger charge is 2.62.